The Morgan fingerprint density at radius 3 is 2.71 bits per heavy atom. The first-order chi connectivity index (χ1) is 8.06. The predicted molar refractivity (Wildman–Crippen MR) is 67.5 cm³/mol. The molecule has 0 unspecified atom stereocenters. The first kappa shape index (κ1) is 13.5. The van der Waals surface area contributed by atoms with E-state index in [4.69, 9.17) is 4.74 Å². The zero-order valence-corrected chi connectivity index (χ0v) is 10.3. The topological polar surface area (TPSA) is 46.5 Å². The molecule has 0 bridgehead atoms. The van der Waals surface area contributed by atoms with Crippen LogP contribution in [-0.4, -0.2) is 23.8 Å². The van der Waals surface area contributed by atoms with Gasteiger partial charge in [-0.2, -0.15) is 0 Å². The highest BCUT2D eigenvalue weighted by Crippen LogP contribution is 2.21. The van der Waals surface area contributed by atoms with Crippen molar-refractivity contribution < 1.29 is 14.6 Å². The number of esters is 1. The molecule has 0 amide bonds. The number of aliphatic hydroxyl groups is 1. The summed E-state index contributed by atoms with van der Waals surface area (Å²) in [5.41, 5.74) is 2.79. The van der Waals surface area contributed by atoms with E-state index in [1.165, 1.54) is 0 Å². The van der Waals surface area contributed by atoms with Crippen LogP contribution in [0, 0.1) is 6.92 Å². The lowest BCUT2D eigenvalue weighted by molar-refractivity contribution is -0.152. The molecule has 0 aliphatic carbocycles. The molecule has 1 N–H and O–H groups in total. The van der Waals surface area contributed by atoms with Crippen LogP contribution in [0.1, 0.15) is 24.5 Å². The fraction of sp³-hybridized carbons (Fsp3) is 0.357. The molecule has 0 aliphatic rings. The van der Waals surface area contributed by atoms with Crippen LogP contribution in [0.25, 0.3) is 5.57 Å². The zero-order valence-electron chi connectivity index (χ0n) is 10.3. The third-order valence-electron chi connectivity index (χ3n) is 2.52. The molecule has 0 fully saturated rings. The number of aryl methyl sites for hydroxylation is 1. The summed E-state index contributed by atoms with van der Waals surface area (Å²) in [6.07, 6.45) is -0.939. The Balaban J connectivity index is 2.67. The van der Waals surface area contributed by atoms with Crippen LogP contribution in [0.2, 0.25) is 0 Å². The normalized spacial score (nSPS) is 11.9. The molecule has 3 heteroatoms. The molecule has 3 nitrogen and oxygen atoms in total. The monoisotopic (exact) mass is 234 g/mol. The zero-order chi connectivity index (χ0) is 12.8. The molecule has 1 rings (SSSR count). The molecule has 0 radical (unpaired) electrons. The van der Waals surface area contributed by atoms with Gasteiger partial charge >= 0.3 is 5.97 Å². The average molecular weight is 234 g/mol. The van der Waals surface area contributed by atoms with Gasteiger partial charge in [0.1, 0.15) is 0 Å². The van der Waals surface area contributed by atoms with Gasteiger partial charge in [-0.3, -0.25) is 0 Å². The van der Waals surface area contributed by atoms with Crippen molar-refractivity contribution in [1.82, 2.24) is 0 Å². The Kier molecular flexibility index (Phi) is 4.91. The third kappa shape index (κ3) is 3.71. The van der Waals surface area contributed by atoms with Gasteiger partial charge in [-0.15, -0.1) is 0 Å². The first-order valence-electron chi connectivity index (χ1n) is 5.64. The highest BCUT2D eigenvalue weighted by molar-refractivity contribution is 5.78. The first-order valence-corrected chi connectivity index (χ1v) is 5.64. The number of rotatable bonds is 5. The molecule has 0 heterocycles. The standard InChI is InChI=1S/C14H18O3/c1-4-17-14(16)13(15)9-11(3)12-8-6-5-7-10(12)2/h5-8,13,15H,3-4,9H2,1-2H3/t13-/m0/s1. The van der Waals surface area contributed by atoms with E-state index in [2.05, 4.69) is 6.58 Å². The highest BCUT2D eigenvalue weighted by Gasteiger charge is 2.18. The summed E-state index contributed by atoms with van der Waals surface area (Å²) >= 11 is 0. The molecule has 0 saturated carbocycles. The minimum Gasteiger partial charge on any atom is -0.464 e. The summed E-state index contributed by atoms with van der Waals surface area (Å²) < 4.78 is 4.74. The van der Waals surface area contributed by atoms with E-state index in [1.54, 1.807) is 6.92 Å². The van der Waals surface area contributed by atoms with Crippen LogP contribution in [0.15, 0.2) is 30.8 Å². The number of hydrogen-bond acceptors (Lipinski definition) is 3. The van der Waals surface area contributed by atoms with Gasteiger partial charge in [0.2, 0.25) is 0 Å². The van der Waals surface area contributed by atoms with Crippen molar-refractivity contribution in [2.24, 2.45) is 0 Å². The van der Waals surface area contributed by atoms with Crippen LogP contribution in [0.4, 0.5) is 0 Å². The van der Waals surface area contributed by atoms with Gasteiger partial charge in [0, 0.05) is 6.42 Å². The summed E-state index contributed by atoms with van der Waals surface area (Å²) in [5, 5.41) is 9.64. The van der Waals surface area contributed by atoms with Gasteiger partial charge in [0.25, 0.3) is 0 Å². The van der Waals surface area contributed by atoms with E-state index in [-0.39, 0.29) is 13.0 Å². The van der Waals surface area contributed by atoms with Crippen LogP contribution in [0.3, 0.4) is 0 Å². The minimum absolute atomic E-state index is 0.198. The van der Waals surface area contributed by atoms with Crippen LogP contribution in [-0.2, 0) is 9.53 Å². The minimum atomic E-state index is -1.14. The highest BCUT2D eigenvalue weighted by atomic mass is 16.5. The Labute approximate surface area is 102 Å². The van der Waals surface area contributed by atoms with Gasteiger partial charge < -0.3 is 9.84 Å². The molecular formula is C14H18O3. The maximum absolute atomic E-state index is 11.3. The molecule has 0 spiro atoms. The molecule has 0 aromatic heterocycles. The molecule has 92 valence electrons. The maximum atomic E-state index is 11.3. The second-order valence-corrected chi connectivity index (χ2v) is 3.89. The van der Waals surface area contributed by atoms with E-state index in [1.807, 2.05) is 31.2 Å². The number of hydrogen-bond donors (Lipinski definition) is 1. The van der Waals surface area contributed by atoms with E-state index in [0.717, 1.165) is 16.7 Å². The van der Waals surface area contributed by atoms with Crippen LogP contribution < -0.4 is 0 Å². The van der Waals surface area contributed by atoms with Gasteiger partial charge in [0.05, 0.1) is 6.61 Å². The summed E-state index contributed by atoms with van der Waals surface area (Å²) in [6, 6.07) is 7.74. The largest absolute Gasteiger partial charge is 0.464 e. The Bertz CT molecular complexity index is 410. The van der Waals surface area contributed by atoms with Gasteiger partial charge in [-0.25, -0.2) is 4.79 Å². The second kappa shape index (κ2) is 6.21. The molecular weight excluding hydrogens is 216 g/mol. The lowest BCUT2D eigenvalue weighted by Crippen LogP contribution is -2.23. The molecule has 1 aromatic carbocycles. The van der Waals surface area contributed by atoms with Gasteiger partial charge in [-0.05, 0) is 30.5 Å². The number of benzene rings is 1. The average Bonchev–Trinajstić information content (AvgIpc) is 2.29. The number of aliphatic hydroxyl groups excluding tert-OH is 1. The van der Waals surface area contributed by atoms with Gasteiger partial charge in [-0.1, -0.05) is 30.8 Å². The van der Waals surface area contributed by atoms with Crippen molar-refractivity contribution in [2.45, 2.75) is 26.4 Å². The van der Waals surface area contributed by atoms with Crippen molar-refractivity contribution in [2.75, 3.05) is 6.61 Å². The van der Waals surface area contributed by atoms with Crippen molar-refractivity contribution in [3.05, 3.63) is 42.0 Å². The summed E-state index contributed by atoms with van der Waals surface area (Å²) in [5.74, 6) is -0.595. The fourth-order valence-corrected chi connectivity index (χ4v) is 1.63. The molecule has 1 atom stereocenters. The lowest BCUT2D eigenvalue weighted by atomic mass is 9.97. The number of ether oxygens (including phenoxy) is 1. The smallest absolute Gasteiger partial charge is 0.335 e. The molecule has 0 saturated heterocycles. The lowest BCUT2D eigenvalue weighted by Gasteiger charge is -2.13. The Morgan fingerprint density at radius 2 is 2.12 bits per heavy atom. The van der Waals surface area contributed by atoms with Crippen molar-refractivity contribution in [1.29, 1.82) is 0 Å². The Hall–Kier alpha value is -1.61. The van der Waals surface area contributed by atoms with Gasteiger partial charge in [0.15, 0.2) is 6.10 Å². The number of carbonyl (C=O) groups is 1. The molecule has 1 aromatic rings. The van der Waals surface area contributed by atoms with Crippen LogP contribution in [0.5, 0.6) is 0 Å². The van der Waals surface area contributed by atoms with Crippen molar-refractivity contribution >= 4 is 11.5 Å². The quantitative estimate of drug-likeness (QED) is 0.795. The molecule has 0 aliphatic heterocycles. The van der Waals surface area contributed by atoms with E-state index in [9.17, 15) is 9.90 Å². The summed E-state index contributed by atoms with van der Waals surface area (Å²) in [7, 11) is 0. The second-order valence-electron chi connectivity index (χ2n) is 3.89. The van der Waals surface area contributed by atoms with E-state index >= 15 is 0 Å². The fourth-order valence-electron chi connectivity index (χ4n) is 1.63. The predicted octanol–water partition coefficient (Wildman–Crippen LogP) is 2.32. The maximum Gasteiger partial charge on any atom is 0.335 e. The number of carbonyl (C=O) groups excluding carboxylic acids is 1. The van der Waals surface area contributed by atoms with E-state index < -0.39 is 12.1 Å². The SMILES string of the molecule is C=C(C[C@H](O)C(=O)OCC)c1ccccc1C. The third-order valence-corrected chi connectivity index (χ3v) is 2.52. The van der Waals surface area contributed by atoms with Crippen molar-refractivity contribution in [3.8, 4) is 0 Å². The summed E-state index contributed by atoms with van der Waals surface area (Å²) in [4.78, 5) is 11.3. The Morgan fingerprint density at radius 1 is 1.47 bits per heavy atom. The summed E-state index contributed by atoms with van der Waals surface area (Å²) in [6.45, 7) is 7.85. The van der Waals surface area contributed by atoms with Crippen LogP contribution >= 0.6 is 0 Å². The van der Waals surface area contributed by atoms with Crippen molar-refractivity contribution in [3.63, 3.8) is 0 Å². The molecule has 17 heavy (non-hydrogen) atoms. The van der Waals surface area contributed by atoms with E-state index in [0.29, 0.717) is 0 Å².